The van der Waals surface area contributed by atoms with Gasteiger partial charge in [-0.1, -0.05) is 20.3 Å². The number of nitrogens with zero attached hydrogens (tertiary/aromatic N) is 1. The smallest absolute Gasteiger partial charge is 0.215 e. The fraction of sp³-hybridized carbons (Fsp3) is 1.00. The summed E-state index contributed by atoms with van der Waals surface area (Å²) in [5.74, 6) is 1.96. The second kappa shape index (κ2) is 5.88. The Kier molecular flexibility index (Phi) is 4.67. The van der Waals surface area contributed by atoms with Gasteiger partial charge in [0, 0.05) is 25.7 Å². The molecule has 0 radical (unpaired) electrons. The molecule has 3 atom stereocenters. The van der Waals surface area contributed by atoms with Crippen molar-refractivity contribution in [3.8, 4) is 0 Å². The Morgan fingerprint density at radius 2 is 1.89 bits per heavy atom. The first-order valence-corrected chi connectivity index (χ1v) is 8.89. The molecule has 1 N–H and O–H groups in total. The van der Waals surface area contributed by atoms with Crippen LogP contribution in [0.5, 0.6) is 0 Å². The van der Waals surface area contributed by atoms with E-state index in [9.17, 15) is 8.42 Å². The van der Waals surface area contributed by atoms with Crippen molar-refractivity contribution in [2.24, 2.45) is 11.8 Å². The molecule has 2 aliphatic carbocycles. The SMILES string of the molecule is CCN(CC)S(=O)(=O)CCN[C@@H]1C[C@@H]2CC[C@@H]1C2. The Bertz CT molecular complexity index is 365. The summed E-state index contributed by atoms with van der Waals surface area (Å²) in [6.07, 6.45) is 5.35. The van der Waals surface area contributed by atoms with Crippen LogP contribution in [0.25, 0.3) is 0 Å². The molecule has 106 valence electrons. The Morgan fingerprint density at radius 1 is 1.17 bits per heavy atom. The minimum absolute atomic E-state index is 0.239. The van der Waals surface area contributed by atoms with Crippen molar-refractivity contribution in [2.45, 2.75) is 45.6 Å². The maximum Gasteiger partial charge on any atom is 0.215 e. The van der Waals surface area contributed by atoms with Crippen LogP contribution >= 0.6 is 0 Å². The zero-order valence-corrected chi connectivity index (χ0v) is 12.4. The van der Waals surface area contributed by atoms with Crippen molar-refractivity contribution in [1.82, 2.24) is 9.62 Å². The summed E-state index contributed by atoms with van der Waals surface area (Å²) >= 11 is 0. The molecule has 18 heavy (non-hydrogen) atoms. The highest BCUT2D eigenvalue weighted by Gasteiger charge is 2.39. The quantitative estimate of drug-likeness (QED) is 0.764. The van der Waals surface area contributed by atoms with Gasteiger partial charge in [0.15, 0.2) is 0 Å². The number of hydrogen-bond donors (Lipinski definition) is 1. The zero-order chi connectivity index (χ0) is 13.2. The number of hydrogen-bond acceptors (Lipinski definition) is 3. The molecule has 0 spiro atoms. The topological polar surface area (TPSA) is 49.4 Å². The van der Waals surface area contributed by atoms with Gasteiger partial charge in [0.1, 0.15) is 0 Å². The first-order chi connectivity index (χ1) is 8.56. The number of nitrogens with one attached hydrogen (secondary N) is 1. The Labute approximate surface area is 111 Å². The van der Waals surface area contributed by atoms with Crippen LogP contribution in [0.1, 0.15) is 39.5 Å². The molecule has 2 fully saturated rings. The minimum Gasteiger partial charge on any atom is -0.313 e. The van der Waals surface area contributed by atoms with Gasteiger partial charge in [-0.05, 0) is 31.1 Å². The monoisotopic (exact) mass is 274 g/mol. The van der Waals surface area contributed by atoms with Crippen molar-refractivity contribution in [3.63, 3.8) is 0 Å². The van der Waals surface area contributed by atoms with E-state index < -0.39 is 10.0 Å². The average Bonchev–Trinajstić information content (AvgIpc) is 2.92. The lowest BCUT2D eigenvalue weighted by Crippen LogP contribution is -2.40. The van der Waals surface area contributed by atoms with Gasteiger partial charge >= 0.3 is 0 Å². The van der Waals surface area contributed by atoms with E-state index >= 15 is 0 Å². The molecular formula is C13H26N2O2S. The van der Waals surface area contributed by atoms with Crippen molar-refractivity contribution in [1.29, 1.82) is 0 Å². The van der Waals surface area contributed by atoms with E-state index in [-0.39, 0.29) is 5.75 Å². The molecule has 2 bridgehead atoms. The van der Waals surface area contributed by atoms with E-state index in [0.29, 0.717) is 25.7 Å². The van der Waals surface area contributed by atoms with Gasteiger partial charge in [-0.2, -0.15) is 0 Å². The van der Waals surface area contributed by atoms with E-state index in [0.717, 1.165) is 11.8 Å². The second-order valence-corrected chi connectivity index (χ2v) is 7.72. The predicted octanol–water partition coefficient (Wildman–Crippen LogP) is 1.44. The third kappa shape index (κ3) is 3.06. The molecule has 2 rings (SSSR count). The van der Waals surface area contributed by atoms with Crippen LogP contribution < -0.4 is 5.32 Å². The summed E-state index contributed by atoms with van der Waals surface area (Å²) in [7, 11) is -3.06. The maximum absolute atomic E-state index is 12.0. The van der Waals surface area contributed by atoms with Crippen LogP contribution in [0.15, 0.2) is 0 Å². The molecule has 4 nitrogen and oxygen atoms in total. The summed E-state index contributed by atoms with van der Waals surface area (Å²) in [5, 5.41) is 3.47. The minimum atomic E-state index is -3.06. The summed E-state index contributed by atoms with van der Waals surface area (Å²) < 4.78 is 25.6. The molecule has 0 amide bonds. The number of rotatable bonds is 7. The Balaban J connectivity index is 1.75. The zero-order valence-electron chi connectivity index (χ0n) is 11.6. The molecule has 5 heteroatoms. The van der Waals surface area contributed by atoms with Crippen molar-refractivity contribution < 1.29 is 8.42 Å². The van der Waals surface area contributed by atoms with Crippen LogP contribution in [0.4, 0.5) is 0 Å². The first kappa shape index (κ1) is 14.3. The number of sulfonamides is 1. The van der Waals surface area contributed by atoms with Gasteiger partial charge in [0.2, 0.25) is 10.0 Å². The summed E-state index contributed by atoms with van der Waals surface area (Å²) in [6.45, 7) is 5.54. The van der Waals surface area contributed by atoms with E-state index in [2.05, 4.69) is 5.32 Å². The van der Waals surface area contributed by atoms with Gasteiger partial charge in [0.25, 0.3) is 0 Å². The molecule has 0 unspecified atom stereocenters. The molecule has 2 saturated carbocycles. The van der Waals surface area contributed by atoms with E-state index in [1.807, 2.05) is 13.8 Å². The van der Waals surface area contributed by atoms with E-state index in [1.165, 1.54) is 25.7 Å². The molecular weight excluding hydrogens is 248 g/mol. The highest BCUT2D eigenvalue weighted by Crippen LogP contribution is 2.44. The first-order valence-electron chi connectivity index (χ1n) is 7.28. The lowest BCUT2D eigenvalue weighted by molar-refractivity contribution is 0.357. The Hall–Kier alpha value is -0.130. The normalized spacial score (nSPS) is 31.4. The van der Waals surface area contributed by atoms with Crippen LogP contribution in [0.2, 0.25) is 0 Å². The van der Waals surface area contributed by atoms with Crippen molar-refractivity contribution >= 4 is 10.0 Å². The van der Waals surface area contributed by atoms with Crippen LogP contribution in [0, 0.1) is 11.8 Å². The molecule has 0 aromatic heterocycles. The van der Waals surface area contributed by atoms with Crippen LogP contribution in [0.3, 0.4) is 0 Å². The number of fused-ring (bicyclic) bond motifs is 2. The Morgan fingerprint density at radius 3 is 2.39 bits per heavy atom. The second-order valence-electron chi connectivity index (χ2n) is 5.64. The lowest BCUT2D eigenvalue weighted by Gasteiger charge is -2.24. The molecule has 2 aliphatic rings. The highest BCUT2D eigenvalue weighted by molar-refractivity contribution is 7.89. The maximum atomic E-state index is 12.0. The van der Waals surface area contributed by atoms with Gasteiger partial charge in [-0.3, -0.25) is 0 Å². The third-order valence-electron chi connectivity index (χ3n) is 4.60. The van der Waals surface area contributed by atoms with Crippen molar-refractivity contribution in [3.05, 3.63) is 0 Å². The molecule has 0 heterocycles. The van der Waals surface area contributed by atoms with E-state index in [4.69, 9.17) is 0 Å². The van der Waals surface area contributed by atoms with E-state index in [1.54, 1.807) is 4.31 Å². The van der Waals surface area contributed by atoms with Gasteiger partial charge in [0.05, 0.1) is 5.75 Å². The van der Waals surface area contributed by atoms with Crippen LogP contribution in [-0.4, -0.2) is 44.2 Å². The molecule has 0 aromatic rings. The fourth-order valence-corrected chi connectivity index (χ4v) is 5.03. The van der Waals surface area contributed by atoms with Crippen LogP contribution in [-0.2, 0) is 10.0 Å². The fourth-order valence-electron chi connectivity index (χ4n) is 3.61. The largest absolute Gasteiger partial charge is 0.313 e. The average molecular weight is 274 g/mol. The standard InChI is InChI=1S/C13H26N2O2S/c1-3-15(4-2)18(16,17)8-7-14-13-10-11-5-6-12(13)9-11/h11-14H,3-10H2,1-2H3/t11-,12-,13-/m1/s1. The summed E-state index contributed by atoms with van der Waals surface area (Å²) in [6, 6.07) is 0.579. The van der Waals surface area contributed by atoms with Crippen molar-refractivity contribution in [2.75, 3.05) is 25.4 Å². The lowest BCUT2D eigenvalue weighted by atomic mass is 9.95. The summed E-state index contributed by atoms with van der Waals surface area (Å²) in [5.41, 5.74) is 0. The molecule has 0 saturated heterocycles. The third-order valence-corrected chi connectivity index (χ3v) is 6.63. The highest BCUT2D eigenvalue weighted by atomic mass is 32.2. The predicted molar refractivity (Wildman–Crippen MR) is 73.9 cm³/mol. The summed E-state index contributed by atoms with van der Waals surface area (Å²) in [4.78, 5) is 0. The van der Waals surface area contributed by atoms with Gasteiger partial charge in [-0.25, -0.2) is 12.7 Å². The van der Waals surface area contributed by atoms with Gasteiger partial charge < -0.3 is 5.32 Å². The molecule has 0 aliphatic heterocycles. The van der Waals surface area contributed by atoms with Gasteiger partial charge in [-0.15, -0.1) is 0 Å². The molecule has 0 aromatic carbocycles.